The maximum absolute atomic E-state index is 13.0. The van der Waals surface area contributed by atoms with Crippen LogP contribution >= 0.6 is 11.6 Å². The topological polar surface area (TPSA) is 56.8 Å². The van der Waals surface area contributed by atoms with E-state index >= 15 is 0 Å². The van der Waals surface area contributed by atoms with Gasteiger partial charge in [-0.2, -0.15) is 0 Å². The fourth-order valence-corrected chi connectivity index (χ4v) is 2.42. The van der Waals surface area contributed by atoms with Crippen LogP contribution in [-0.2, 0) is 11.2 Å². The van der Waals surface area contributed by atoms with Crippen LogP contribution < -0.4 is 19.5 Å². The molecule has 128 valence electrons. The van der Waals surface area contributed by atoms with E-state index in [1.165, 1.54) is 33.5 Å². The van der Waals surface area contributed by atoms with Crippen molar-refractivity contribution in [3.63, 3.8) is 0 Å². The summed E-state index contributed by atoms with van der Waals surface area (Å²) in [5, 5.41) is 2.77. The maximum Gasteiger partial charge on any atom is 0.228 e. The lowest BCUT2D eigenvalue weighted by Gasteiger charge is -2.14. The van der Waals surface area contributed by atoms with E-state index < -0.39 is 5.82 Å². The van der Waals surface area contributed by atoms with Crippen molar-refractivity contribution in [3.8, 4) is 17.2 Å². The second-order valence-corrected chi connectivity index (χ2v) is 5.29. The first-order valence-corrected chi connectivity index (χ1v) is 7.40. The van der Waals surface area contributed by atoms with Crippen molar-refractivity contribution >= 4 is 23.2 Å². The summed E-state index contributed by atoms with van der Waals surface area (Å²) in [6, 6.07) is 7.14. The van der Waals surface area contributed by atoms with Crippen molar-refractivity contribution in [2.75, 3.05) is 26.6 Å². The standard InChI is InChI=1S/C17H17ClFNO4/c1-22-14-6-10(7-15(23-2)17(14)24-3)8-16(21)20-13-5-4-11(19)9-12(13)18/h4-7,9H,8H2,1-3H3,(H,20,21). The lowest BCUT2D eigenvalue weighted by molar-refractivity contribution is -0.115. The molecule has 0 aliphatic rings. The van der Waals surface area contributed by atoms with E-state index in [0.717, 1.165) is 6.07 Å². The normalized spacial score (nSPS) is 10.2. The molecular weight excluding hydrogens is 337 g/mol. The van der Waals surface area contributed by atoms with Crippen LogP contribution in [0.4, 0.5) is 10.1 Å². The highest BCUT2D eigenvalue weighted by Crippen LogP contribution is 2.38. The van der Waals surface area contributed by atoms with Gasteiger partial charge in [0, 0.05) is 0 Å². The summed E-state index contributed by atoms with van der Waals surface area (Å²) >= 11 is 5.90. The number of methoxy groups -OCH3 is 3. The Morgan fingerprint density at radius 2 is 1.71 bits per heavy atom. The van der Waals surface area contributed by atoms with Gasteiger partial charge in [0.1, 0.15) is 5.82 Å². The van der Waals surface area contributed by atoms with Gasteiger partial charge in [0.05, 0.1) is 38.5 Å². The third-order valence-corrected chi connectivity index (χ3v) is 3.61. The molecule has 0 aliphatic heterocycles. The Labute approximate surface area is 144 Å². The number of ether oxygens (including phenoxy) is 3. The van der Waals surface area contributed by atoms with Gasteiger partial charge in [-0.25, -0.2) is 4.39 Å². The number of nitrogens with one attached hydrogen (secondary N) is 1. The molecule has 0 heterocycles. The van der Waals surface area contributed by atoms with Crippen LogP contribution in [0, 0.1) is 5.82 Å². The fourth-order valence-electron chi connectivity index (χ4n) is 2.21. The van der Waals surface area contributed by atoms with Gasteiger partial charge in [0.25, 0.3) is 0 Å². The lowest BCUT2D eigenvalue weighted by atomic mass is 10.1. The van der Waals surface area contributed by atoms with Gasteiger partial charge >= 0.3 is 0 Å². The summed E-state index contributed by atoms with van der Waals surface area (Å²) in [7, 11) is 4.50. The highest BCUT2D eigenvalue weighted by molar-refractivity contribution is 6.33. The van der Waals surface area contributed by atoms with Crippen LogP contribution in [0.1, 0.15) is 5.56 Å². The van der Waals surface area contributed by atoms with E-state index in [0.29, 0.717) is 28.5 Å². The number of hydrogen-bond acceptors (Lipinski definition) is 4. The number of rotatable bonds is 6. The smallest absolute Gasteiger partial charge is 0.228 e. The zero-order valence-corrected chi connectivity index (χ0v) is 14.2. The molecule has 0 atom stereocenters. The SMILES string of the molecule is COc1cc(CC(=O)Nc2ccc(F)cc2Cl)cc(OC)c1OC. The molecule has 2 rings (SSSR count). The van der Waals surface area contributed by atoms with Crippen molar-refractivity contribution in [3.05, 3.63) is 46.7 Å². The molecule has 0 aliphatic carbocycles. The van der Waals surface area contributed by atoms with Gasteiger partial charge in [0.2, 0.25) is 11.7 Å². The van der Waals surface area contributed by atoms with E-state index in [4.69, 9.17) is 25.8 Å². The van der Waals surface area contributed by atoms with E-state index in [-0.39, 0.29) is 17.4 Å². The molecule has 7 heteroatoms. The first-order chi connectivity index (χ1) is 11.5. The quantitative estimate of drug-likeness (QED) is 0.860. The minimum Gasteiger partial charge on any atom is -0.493 e. The van der Waals surface area contributed by atoms with Crippen molar-refractivity contribution in [2.24, 2.45) is 0 Å². The van der Waals surface area contributed by atoms with Crippen LogP contribution in [-0.4, -0.2) is 27.2 Å². The summed E-state index contributed by atoms with van der Waals surface area (Å²) < 4.78 is 28.8. The molecule has 0 fully saturated rings. The lowest BCUT2D eigenvalue weighted by Crippen LogP contribution is -2.15. The summed E-state index contributed by atoms with van der Waals surface area (Å²) in [6.07, 6.45) is 0.0599. The largest absolute Gasteiger partial charge is 0.493 e. The molecule has 0 radical (unpaired) electrons. The zero-order valence-electron chi connectivity index (χ0n) is 13.5. The number of halogens is 2. The minimum absolute atomic E-state index is 0.0599. The van der Waals surface area contributed by atoms with E-state index in [1.807, 2.05) is 0 Å². The first-order valence-electron chi connectivity index (χ1n) is 7.02. The van der Waals surface area contributed by atoms with E-state index in [9.17, 15) is 9.18 Å². The van der Waals surface area contributed by atoms with Crippen molar-refractivity contribution in [2.45, 2.75) is 6.42 Å². The molecule has 0 aromatic heterocycles. The Balaban J connectivity index is 2.19. The van der Waals surface area contributed by atoms with E-state index in [1.54, 1.807) is 12.1 Å². The molecule has 0 saturated heterocycles. The van der Waals surface area contributed by atoms with Crippen molar-refractivity contribution in [1.82, 2.24) is 0 Å². The Morgan fingerprint density at radius 1 is 1.08 bits per heavy atom. The van der Waals surface area contributed by atoms with Crippen LogP contribution in [0.2, 0.25) is 5.02 Å². The molecule has 1 amide bonds. The monoisotopic (exact) mass is 353 g/mol. The molecule has 24 heavy (non-hydrogen) atoms. The van der Waals surface area contributed by atoms with E-state index in [2.05, 4.69) is 5.32 Å². The third-order valence-electron chi connectivity index (χ3n) is 3.29. The number of amides is 1. The number of anilines is 1. The highest BCUT2D eigenvalue weighted by atomic mass is 35.5. The second kappa shape index (κ2) is 7.88. The van der Waals surface area contributed by atoms with Gasteiger partial charge in [-0.3, -0.25) is 4.79 Å². The molecule has 0 unspecified atom stereocenters. The number of hydrogen-bond donors (Lipinski definition) is 1. The predicted octanol–water partition coefficient (Wildman–Crippen LogP) is 3.69. The molecular formula is C17H17ClFNO4. The maximum atomic E-state index is 13.0. The molecule has 5 nitrogen and oxygen atoms in total. The van der Waals surface area contributed by atoms with Crippen LogP contribution in [0.3, 0.4) is 0 Å². The molecule has 1 N–H and O–H groups in total. The average Bonchev–Trinajstić information content (AvgIpc) is 2.56. The van der Waals surface area contributed by atoms with Gasteiger partial charge in [-0.05, 0) is 35.9 Å². The summed E-state index contributed by atoms with van der Waals surface area (Å²) in [6.45, 7) is 0. The Bertz CT molecular complexity index is 726. The first kappa shape index (κ1) is 17.9. The van der Waals surface area contributed by atoms with Gasteiger partial charge < -0.3 is 19.5 Å². The predicted molar refractivity (Wildman–Crippen MR) is 89.8 cm³/mol. The molecule has 2 aromatic carbocycles. The second-order valence-electron chi connectivity index (χ2n) is 4.88. The van der Waals surface area contributed by atoms with Crippen molar-refractivity contribution < 1.29 is 23.4 Å². The fraction of sp³-hybridized carbons (Fsp3) is 0.235. The molecule has 0 spiro atoms. The minimum atomic E-state index is -0.470. The third kappa shape index (κ3) is 4.08. The number of benzene rings is 2. The van der Waals surface area contributed by atoms with Crippen molar-refractivity contribution in [1.29, 1.82) is 0 Å². The van der Waals surface area contributed by atoms with Gasteiger partial charge in [0.15, 0.2) is 11.5 Å². The molecule has 2 aromatic rings. The Morgan fingerprint density at radius 3 is 2.21 bits per heavy atom. The Hall–Kier alpha value is -2.47. The van der Waals surface area contributed by atoms with Crippen LogP contribution in [0.25, 0.3) is 0 Å². The van der Waals surface area contributed by atoms with Crippen LogP contribution in [0.15, 0.2) is 30.3 Å². The summed E-state index contributed by atoms with van der Waals surface area (Å²) in [5.74, 6) is 0.588. The summed E-state index contributed by atoms with van der Waals surface area (Å²) in [4.78, 5) is 12.2. The Kier molecular flexibility index (Phi) is 5.87. The molecule has 0 bridgehead atoms. The van der Waals surface area contributed by atoms with Gasteiger partial charge in [-0.1, -0.05) is 11.6 Å². The van der Waals surface area contributed by atoms with Crippen LogP contribution in [0.5, 0.6) is 17.2 Å². The highest BCUT2D eigenvalue weighted by Gasteiger charge is 2.15. The summed E-state index contributed by atoms with van der Waals surface area (Å²) in [5.41, 5.74) is 1.01. The average molecular weight is 354 g/mol. The number of carbonyl (C=O) groups is 1. The van der Waals surface area contributed by atoms with Gasteiger partial charge in [-0.15, -0.1) is 0 Å². The molecule has 0 saturated carbocycles. The number of carbonyl (C=O) groups excluding carboxylic acids is 1. The zero-order chi connectivity index (χ0) is 17.7.